The van der Waals surface area contributed by atoms with E-state index in [1.54, 1.807) is 0 Å². The van der Waals surface area contributed by atoms with Crippen molar-refractivity contribution in [3.05, 3.63) is 59.7 Å². The SMILES string of the molecule is CC(C)Nc1ccc2c(c1)OC(C)(C)C(O)C2NCCc1ccccc1. The molecule has 0 radical (unpaired) electrons. The zero-order valence-corrected chi connectivity index (χ0v) is 16.1. The maximum Gasteiger partial charge on any atom is 0.131 e. The van der Waals surface area contributed by atoms with Crippen LogP contribution in [0, 0.1) is 0 Å². The highest BCUT2D eigenvalue weighted by molar-refractivity contribution is 5.54. The van der Waals surface area contributed by atoms with Crippen molar-refractivity contribution in [1.29, 1.82) is 0 Å². The van der Waals surface area contributed by atoms with Gasteiger partial charge in [0.2, 0.25) is 0 Å². The van der Waals surface area contributed by atoms with Gasteiger partial charge in [-0.25, -0.2) is 0 Å². The fourth-order valence-corrected chi connectivity index (χ4v) is 3.46. The van der Waals surface area contributed by atoms with E-state index in [0.717, 1.165) is 30.0 Å². The topological polar surface area (TPSA) is 53.5 Å². The van der Waals surface area contributed by atoms with Gasteiger partial charge < -0.3 is 20.5 Å². The first-order valence-electron chi connectivity index (χ1n) is 9.42. The lowest BCUT2D eigenvalue weighted by molar-refractivity contribution is -0.0643. The molecule has 0 bridgehead atoms. The quantitative estimate of drug-likeness (QED) is 0.736. The fraction of sp³-hybridized carbons (Fsp3) is 0.455. The lowest BCUT2D eigenvalue weighted by atomic mass is 9.86. The van der Waals surface area contributed by atoms with Crippen LogP contribution in [0.1, 0.15) is 44.9 Å². The smallest absolute Gasteiger partial charge is 0.131 e. The average Bonchev–Trinajstić information content (AvgIpc) is 2.58. The first-order valence-corrected chi connectivity index (χ1v) is 9.42. The van der Waals surface area contributed by atoms with Crippen molar-refractivity contribution in [1.82, 2.24) is 5.32 Å². The van der Waals surface area contributed by atoms with Crippen LogP contribution in [0.15, 0.2) is 48.5 Å². The molecule has 0 spiro atoms. The summed E-state index contributed by atoms with van der Waals surface area (Å²) in [5.41, 5.74) is 2.69. The molecular formula is C22H30N2O2. The fourth-order valence-electron chi connectivity index (χ4n) is 3.46. The normalized spacial score (nSPS) is 21.2. The molecule has 2 unspecified atom stereocenters. The van der Waals surface area contributed by atoms with E-state index >= 15 is 0 Å². The van der Waals surface area contributed by atoms with E-state index in [9.17, 15) is 5.11 Å². The number of hydrogen-bond donors (Lipinski definition) is 3. The molecule has 4 heteroatoms. The first-order chi connectivity index (χ1) is 12.4. The summed E-state index contributed by atoms with van der Waals surface area (Å²) in [6.45, 7) is 8.90. The number of ether oxygens (including phenoxy) is 1. The van der Waals surface area contributed by atoms with Crippen LogP contribution in [0.4, 0.5) is 5.69 Å². The van der Waals surface area contributed by atoms with Crippen LogP contribution < -0.4 is 15.4 Å². The van der Waals surface area contributed by atoms with E-state index in [1.165, 1.54) is 5.56 Å². The predicted octanol–water partition coefficient (Wildman–Crippen LogP) is 3.91. The molecule has 1 aliphatic heterocycles. The van der Waals surface area contributed by atoms with Gasteiger partial charge in [-0.2, -0.15) is 0 Å². The van der Waals surface area contributed by atoms with Gasteiger partial charge in [0, 0.05) is 23.4 Å². The van der Waals surface area contributed by atoms with Gasteiger partial charge in [0.25, 0.3) is 0 Å². The molecule has 2 aromatic rings. The second kappa shape index (κ2) is 7.68. The second-order valence-electron chi connectivity index (χ2n) is 7.87. The monoisotopic (exact) mass is 354 g/mol. The van der Waals surface area contributed by atoms with Crippen molar-refractivity contribution < 1.29 is 9.84 Å². The van der Waals surface area contributed by atoms with Crippen LogP contribution in [-0.4, -0.2) is 29.4 Å². The number of aliphatic hydroxyl groups is 1. The third-order valence-corrected chi connectivity index (χ3v) is 4.83. The number of rotatable bonds is 6. The van der Waals surface area contributed by atoms with Crippen LogP contribution in [0.5, 0.6) is 5.75 Å². The minimum atomic E-state index is -0.645. The summed E-state index contributed by atoms with van der Waals surface area (Å²) in [4.78, 5) is 0. The van der Waals surface area contributed by atoms with Gasteiger partial charge in [-0.1, -0.05) is 36.4 Å². The summed E-state index contributed by atoms with van der Waals surface area (Å²) in [5, 5.41) is 17.8. The van der Waals surface area contributed by atoms with Gasteiger partial charge >= 0.3 is 0 Å². The highest BCUT2D eigenvalue weighted by Gasteiger charge is 2.42. The Balaban J connectivity index is 1.78. The maximum atomic E-state index is 10.9. The molecule has 26 heavy (non-hydrogen) atoms. The zero-order chi connectivity index (χ0) is 18.7. The van der Waals surface area contributed by atoms with Crippen molar-refractivity contribution >= 4 is 5.69 Å². The molecule has 0 saturated heterocycles. The molecule has 0 saturated carbocycles. The van der Waals surface area contributed by atoms with Crippen molar-refractivity contribution in [3.63, 3.8) is 0 Å². The molecule has 0 fully saturated rings. The molecule has 3 rings (SSSR count). The Bertz CT molecular complexity index is 728. The number of fused-ring (bicyclic) bond motifs is 1. The third kappa shape index (κ3) is 4.19. The minimum absolute atomic E-state index is 0.148. The Morgan fingerprint density at radius 3 is 2.54 bits per heavy atom. The van der Waals surface area contributed by atoms with Crippen molar-refractivity contribution in [3.8, 4) is 5.75 Å². The van der Waals surface area contributed by atoms with E-state index in [-0.39, 0.29) is 6.04 Å². The summed E-state index contributed by atoms with van der Waals surface area (Å²) in [6.07, 6.45) is 0.308. The molecule has 1 aliphatic rings. The van der Waals surface area contributed by atoms with Gasteiger partial charge in [-0.15, -0.1) is 0 Å². The van der Waals surface area contributed by atoms with E-state index in [4.69, 9.17) is 4.74 Å². The minimum Gasteiger partial charge on any atom is -0.485 e. The van der Waals surface area contributed by atoms with Gasteiger partial charge in [0.1, 0.15) is 17.5 Å². The standard InChI is InChI=1S/C22H30N2O2/c1-15(2)24-17-10-11-18-19(14-17)26-22(3,4)21(25)20(18)23-13-12-16-8-6-5-7-9-16/h5-11,14-15,20-21,23-25H,12-13H2,1-4H3. The summed E-state index contributed by atoms with van der Waals surface area (Å²) in [7, 11) is 0. The zero-order valence-electron chi connectivity index (χ0n) is 16.1. The largest absolute Gasteiger partial charge is 0.485 e. The van der Waals surface area contributed by atoms with Crippen LogP contribution in [0.3, 0.4) is 0 Å². The van der Waals surface area contributed by atoms with E-state index in [2.05, 4.69) is 60.9 Å². The van der Waals surface area contributed by atoms with Gasteiger partial charge in [0.05, 0.1) is 6.04 Å². The van der Waals surface area contributed by atoms with Gasteiger partial charge in [-0.05, 0) is 52.3 Å². The van der Waals surface area contributed by atoms with Crippen LogP contribution in [0.25, 0.3) is 0 Å². The number of aliphatic hydroxyl groups excluding tert-OH is 1. The molecule has 140 valence electrons. The second-order valence-corrected chi connectivity index (χ2v) is 7.87. The summed E-state index contributed by atoms with van der Waals surface area (Å²) < 4.78 is 6.12. The van der Waals surface area contributed by atoms with Gasteiger partial charge in [0.15, 0.2) is 0 Å². The Labute approximate surface area is 156 Å². The Morgan fingerprint density at radius 1 is 1.12 bits per heavy atom. The third-order valence-electron chi connectivity index (χ3n) is 4.83. The first kappa shape index (κ1) is 18.7. The summed E-state index contributed by atoms with van der Waals surface area (Å²) in [6, 6.07) is 16.8. The lowest BCUT2D eigenvalue weighted by Gasteiger charge is -2.42. The summed E-state index contributed by atoms with van der Waals surface area (Å²) >= 11 is 0. The molecular weight excluding hydrogens is 324 g/mol. The van der Waals surface area contributed by atoms with Crippen molar-refractivity contribution in [2.45, 2.75) is 57.9 Å². The average molecular weight is 354 g/mol. The molecule has 0 aromatic heterocycles. The lowest BCUT2D eigenvalue weighted by Crippen LogP contribution is -2.52. The molecule has 3 N–H and O–H groups in total. The van der Waals surface area contributed by atoms with E-state index < -0.39 is 11.7 Å². The molecule has 2 aromatic carbocycles. The Kier molecular flexibility index (Phi) is 5.54. The predicted molar refractivity (Wildman–Crippen MR) is 107 cm³/mol. The van der Waals surface area contributed by atoms with E-state index in [0.29, 0.717) is 6.04 Å². The highest BCUT2D eigenvalue weighted by Crippen LogP contribution is 2.41. The number of nitrogens with one attached hydrogen (secondary N) is 2. The van der Waals surface area contributed by atoms with Crippen LogP contribution >= 0.6 is 0 Å². The van der Waals surface area contributed by atoms with Crippen molar-refractivity contribution in [2.24, 2.45) is 0 Å². The number of benzene rings is 2. The molecule has 0 aliphatic carbocycles. The summed E-state index contributed by atoms with van der Waals surface area (Å²) in [5.74, 6) is 0.836. The Morgan fingerprint density at radius 2 is 1.85 bits per heavy atom. The Hall–Kier alpha value is -2.04. The number of hydrogen-bond acceptors (Lipinski definition) is 4. The maximum absolute atomic E-state index is 10.9. The molecule has 2 atom stereocenters. The van der Waals surface area contributed by atoms with E-state index in [1.807, 2.05) is 26.0 Å². The van der Waals surface area contributed by atoms with Crippen LogP contribution in [-0.2, 0) is 6.42 Å². The van der Waals surface area contributed by atoms with Crippen molar-refractivity contribution in [2.75, 3.05) is 11.9 Å². The molecule has 0 amide bonds. The highest BCUT2D eigenvalue weighted by atomic mass is 16.5. The molecule has 1 heterocycles. The molecule has 4 nitrogen and oxygen atoms in total. The number of anilines is 1. The van der Waals surface area contributed by atoms with Gasteiger partial charge in [-0.3, -0.25) is 0 Å². The van der Waals surface area contributed by atoms with Crippen LogP contribution in [0.2, 0.25) is 0 Å².